The Hall–Kier alpha value is -1.21. The Labute approximate surface area is 439 Å². The zero-order valence-corrected chi connectivity index (χ0v) is 38.9. The fraction of sp³-hybridized carbons (Fsp3) is 0.809. The van der Waals surface area contributed by atoms with E-state index in [0.717, 1.165) is 6.08 Å². The van der Waals surface area contributed by atoms with Crippen LogP contribution in [-0.4, -0.2) is 119 Å². The smallest absolute Gasteiger partial charge is 0.327 e. The molecule has 0 aliphatic rings. The van der Waals surface area contributed by atoms with Crippen LogP contribution in [0, 0.1) is 11.8 Å². The summed E-state index contributed by atoms with van der Waals surface area (Å²) in [6.45, 7) is 25.4. The van der Waals surface area contributed by atoms with Gasteiger partial charge in [-0.25, -0.2) is 4.79 Å². The van der Waals surface area contributed by atoms with E-state index in [-0.39, 0.29) is 151 Å². The number of carbonyl (C=O) groups is 5. The molecule has 0 spiro atoms. The maximum absolute atomic E-state index is 11.6. The normalized spacial score (nSPS) is 9.27. The first-order chi connectivity index (χ1) is 23.8. The molecule has 0 saturated carbocycles. The minimum atomic E-state index is -0.981. The number of rotatable bonds is 17. The van der Waals surface area contributed by atoms with Gasteiger partial charge in [0.1, 0.15) is 22.9 Å². The molecule has 416 valence electrons. The molecule has 0 aliphatic carbocycles. The Morgan fingerprint density at radius 3 is 1.02 bits per heavy atom. The number of carboxylic acid groups (broad SMARTS) is 2. The third-order valence-corrected chi connectivity index (χ3v) is 7.06. The quantitative estimate of drug-likeness (QED) is 0.0311. The number of ether oxygens (including phenoxy) is 5. The van der Waals surface area contributed by atoms with Gasteiger partial charge in [-0.1, -0.05) is 199 Å². The van der Waals surface area contributed by atoms with Crippen LogP contribution in [0.5, 0.6) is 0 Å². The van der Waals surface area contributed by atoms with E-state index in [0.29, 0.717) is 39.3 Å². The van der Waals surface area contributed by atoms with Gasteiger partial charge in [-0.3, -0.25) is 19.2 Å². The SMILES string of the molecule is C.C.C.C.C.C.C.C.C.C.C.C.C.C=CC.C=CC(=O)O.CC.CC.CC(Br)C(=O)Br.COCCO.COCCOC(=O)C(C)Br.COCCOC(=O)C(C)CC(C)CC(Br)C(=O)O.[HH].[HH]. The lowest BCUT2D eigenvalue weighted by molar-refractivity contribution is -0.149. The van der Waals surface area contributed by atoms with Gasteiger partial charge >= 0.3 is 23.9 Å². The fourth-order valence-corrected chi connectivity index (χ4v) is 2.82. The van der Waals surface area contributed by atoms with Crippen LogP contribution in [0.1, 0.15) is 175 Å². The molecule has 0 rings (SSSR count). The van der Waals surface area contributed by atoms with Gasteiger partial charge in [0.2, 0.25) is 4.69 Å². The van der Waals surface area contributed by atoms with Gasteiger partial charge < -0.3 is 39.0 Å². The number of aliphatic hydroxyl groups excluding tert-OH is 1. The van der Waals surface area contributed by atoms with E-state index < -0.39 is 16.8 Å². The highest BCUT2D eigenvalue weighted by Crippen LogP contribution is 2.21. The van der Waals surface area contributed by atoms with Gasteiger partial charge in [-0.15, -0.1) is 6.58 Å². The molecule has 0 aromatic carbocycles. The second-order valence-electron chi connectivity index (χ2n) is 8.81. The van der Waals surface area contributed by atoms with Gasteiger partial charge in [0.25, 0.3) is 0 Å². The molecule has 0 fully saturated rings. The highest BCUT2D eigenvalue weighted by Gasteiger charge is 2.22. The van der Waals surface area contributed by atoms with Crippen molar-refractivity contribution in [2.24, 2.45) is 11.8 Å². The second-order valence-corrected chi connectivity index (χ2v) is 13.4. The average Bonchev–Trinajstić information content (AvgIpc) is 3.08. The molecule has 0 heterocycles. The van der Waals surface area contributed by atoms with Gasteiger partial charge in [0.05, 0.1) is 37.2 Å². The third-order valence-electron chi connectivity index (χ3n) is 4.21. The standard InChI is InChI=1S/C12H21BrO5.C6H11BrO3.C3H4Br2O.C3H8O2.C3H4O2.C3H6.2C2H6.13CH4.2H2/c1-8(7-10(13)11(14)15)6-9(2)12(16)18-5-4-17-3;1-5(7)6(8)10-4-3-9-2;1-2(4)3(5)6;1-5-3-2-4;1-2-3(4)5;1-3-2;2*1-2;;;;;;;;;;;;;;;/h8-10H,4-7H2,1-3H3,(H,14,15);5H,3-4H2,1-2H3;2H,1H3;4H,2-3H2,1H3;2H,1H2,(H,4,5);3H,1H2,2H3;2*1-2H3;13*1H4;2*1H. The summed E-state index contributed by atoms with van der Waals surface area (Å²) in [5.41, 5.74) is 0. The largest absolute Gasteiger partial charge is 0.480 e. The topological polar surface area (TPSA) is 192 Å². The van der Waals surface area contributed by atoms with Crippen molar-refractivity contribution in [3.05, 3.63) is 25.3 Å². The second kappa shape index (κ2) is 119. The van der Waals surface area contributed by atoms with Gasteiger partial charge in [-0.05, 0) is 55.5 Å². The maximum Gasteiger partial charge on any atom is 0.327 e. The number of hydrogen-bond donors (Lipinski definition) is 3. The first-order valence-electron chi connectivity index (χ1n) is 16.0. The molecule has 0 aromatic rings. The molecule has 5 atom stereocenters. The van der Waals surface area contributed by atoms with Crippen molar-refractivity contribution in [1.82, 2.24) is 0 Å². The number of hydrogen-bond acceptors (Lipinski definition) is 11. The van der Waals surface area contributed by atoms with E-state index in [2.05, 4.69) is 86.4 Å². The van der Waals surface area contributed by atoms with Crippen molar-refractivity contribution in [2.45, 2.75) is 186 Å². The highest BCUT2D eigenvalue weighted by atomic mass is 79.9. The molecule has 0 saturated heterocycles. The monoisotopic (exact) mass is 1210 g/mol. The minimum absolute atomic E-state index is 0. The number of alkyl halides is 3. The molecule has 3 N–H and O–H groups in total. The number of halogens is 4. The first-order valence-corrected chi connectivity index (χ1v) is 19.5. The Morgan fingerprint density at radius 1 is 0.578 bits per heavy atom. The zero-order valence-electron chi connectivity index (χ0n) is 32.5. The Balaban J connectivity index is -0.0000000162. The molecule has 64 heavy (non-hydrogen) atoms. The first kappa shape index (κ1) is 137. The van der Waals surface area contributed by atoms with Crippen LogP contribution in [0.25, 0.3) is 0 Å². The van der Waals surface area contributed by atoms with Crippen LogP contribution in [0.3, 0.4) is 0 Å². The summed E-state index contributed by atoms with van der Waals surface area (Å²) in [5.74, 6) is -2.47. The maximum atomic E-state index is 11.6. The summed E-state index contributed by atoms with van der Waals surface area (Å²) < 4.78 is 23.6. The summed E-state index contributed by atoms with van der Waals surface area (Å²) in [4.78, 5) is 51.3. The molecule has 17 heteroatoms. The molecule has 13 nitrogen and oxygen atoms in total. The molecule has 0 aliphatic heterocycles. The lowest BCUT2D eigenvalue weighted by Crippen LogP contribution is -2.22. The number of carboxylic acids is 2. The highest BCUT2D eigenvalue weighted by molar-refractivity contribution is 9.20. The Morgan fingerprint density at radius 2 is 0.844 bits per heavy atom. The molecule has 0 bridgehead atoms. The van der Waals surface area contributed by atoms with Gasteiger partial charge in [0, 0.05) is 30.3 Å². The fourth-order valence-electron chi connectivity index (χ4n) is 2.05. The van der Waals surface area contributed by atoms with Crippen LogP contribution in [-0.2, 0) is 47.7 Å². The van der Waals surface area contributed by atoms with Crippen LogP contribution >= 0.6 is 63.7 Å². The number of methoxy groups -OCH3 is 3. The number of carbonyl (C=O) groups excluding carboxylic acids is 3. The van der Waals surface area contributed by atoms with Crippen molar-refractivity contribution >= 4 is 92.3 Å². The summed E-state index contributed by atoms with van der Waals surface area (Å²) >= 11 is 12.0. The Kier molecular flexibility index (Phi) is 255. The predicted molar refractivity (Wildman–Crippen MR) is 311 cm³/mol. The number of aliphatic carboxylic acids is 2. The zero-order chi connectivity index (χ0) is 42.4. The lowest BCUT2D eigenvalue weighted by Gasteiger charge is -2.17. The van der Waals surface area contributed by atoms with Crippen molar-refractivity contribution in [3.63, 3.8) is 0 Å². The van der Waals surface area contributed by atoms with Crippen LogP contribution in [0.4, 0.5) is 0 Å². The van der Waals surface area contributed by atoms with Gasteiger partial charge in [-0.2, -0.15) is 0 Å². The molecule has 0 amide bonds. The summed E-state index contributed by atoms with van der Waals surface area (Å²) in [7, 11) is 4.66. The molecule has 0 aromatic heterocycles. The summed E-state index contributed by atoms with van der Waals surface area (Å²) in [5, 5.41) is 24.3. The lowest BCUT2D eigenvalue weighted by atomic mass is 9.93. The van der Waals surface area contributed by atoms with E-state index in [1.54, 1.807) is 48.2 Å². The van der Waals surface area contributed by atoms with Gasteiger partial charge in [0.15, 0.2) is 0 Å². The van der Waals surface area contributed by atoms with Crippen molar-refractivity contribution in [3.8, 4) is 0 Å². The summed E-state index contributed by atoms with van der Waals surface area (Å²) in [6, 6.07) is 0. The van der Waals surface area contributed by atoms with E-state index >= 15 is 0 Å². The number of aliphatic hydroxyl groups is 1. The van der Waals surface area contributed by atoms with E-state index in [1.165, 1.54) is 0 Å². The van der Waals surface area contributed by atoms with E-state index in [4.69, 9.17) is 29.5 Å². The van der Waals surface area contributed by atoms with E-state index in [9.17, 15) is 24.0 Å². The van der Waals surface area contributed by atoms with Crippen molar-refractivity contribution in [1.29, 1.82) is 0 Å². The van der Waals surface area contributed by atoms with Crippen molar-refractivity contribution < 1.29 is 65.8 Å². The predicted octanol–water partition coefficient (Wildman–Crippen LogP) is 16.6. The number of esters is 2. The van der Waals surface area contributed by atoms with Crippen LogP contribution in [0.2, 0.25) is 0 Å². The molecule has 0 radical (unpaired) electrons. The van der Waals surface area contributed by atoms with Crippen LogP contribution in [0.15, 0.2) is 25.3 Å². The number of allylic oxidation sites excluding steroid dienone is 1. The Bertz CT molecular complexity index is 818. The summed E-state index contributed by atoms with van der Waals surface area (Å²) in [6.07, 6.45) is 3.69. The molecular formula is C47H122Br4O13. The van der Waals surface area contributed by atoms with Crippen molar-refractivity contribution in [2.75, 3.05) is 61.0 Å². The molecule has 5 unspecified atom stereocenters. The van der Waals surface area contributed by atoms with Crippen LogP contribution < -0.4 is 0 Å². The van der Waals surface area contributed by atoms with E-state index in [1.807, 2.05) is 41.5 Å². The average molecular weight is 1220 g/mol. The third kappa shape index (κ3) is 161. The minimum Gasteiger partial charge on any atom is -0.480 e. The molecular weight excluding hydrogens is 1090 g/mol.